The zero-order valence-corrected chi connectivity index (χ0v) is 23.1. The summed E-state index contributed by atoms with van der Waals surface area (Å²) in [4.78, 5) is 0. The molecule has 0 aromatic heterocycles. The summed E-state index contributed by atoms with van der Waals surface area (Å²) >= 11 is 0. The molecule has 1 rings (SSSR count). The van der Waals surface area contributed by atoms with E-state index in [2.05, 4.69) is 36.5 Å². The smallest absolute Gasteiger partial charge is 0.427 e. The Labute approximate surface area is 205 Å². The molecule has 0 aromatic carbocycles. The lowest BCUT2D eigenvalue weighted by molar-refractivity contribution is -0.890. The molecule has 0 saturated heterocycles. The summed E-state index contributed by atoms with van der Waals surface area (Å²) in [6.45, 7) is 8.72. The van der Waals surface area contributed by atoms with Crippen LogP contribution in [0.15, 0.2) is 16.2 Å². The van der Waals surface area contributed by atoms with Crippen LogP contribution in [0, 0.1) is 0 Å². The van der Waals surface area contributed by atoms with Crippen molar-refractivity contribution in [3.8, 4) is 0 Å². The predicted molar refractivity (Wildman–Crippen MR) is 138 cm³/mol. The number of rotatable bonds is 18. The van der Waals surface area contributed by atoms with Crippen LogP contribution < -0.4 is 5.11 Å². The lowest BCUT2D eigenvalue weighted by Gasteiger charge is -2.30. The van der Waals surface area contributed by atoms with Crippen LogP contribution in [0.3, 0.4) is 0 Å². The van der Waals surface area contributed by atoms with Crippen molar-refractivity contribution < 1.29 is 22.2 Å². The average molecular weight is 489 g/mol. The van der Waals surface area contributed by atoms with Gasteiger partial charge in [0.25, 0.3) is 0 Å². The standard InChI is InChI=1S/C22H48N.C4H5NO4S/c1-5-7-9-11-13-15-17-19-21-23(3,4)22-20-18-16-14-12-10-8-6-2;1-3-2-4(6)5-10(7,8)9-3/h5-22H2,1-4H3;2H,1H3,(H,5,6)/q+1;/p-1. The Hall–Kier alpha value is -1.08. The minimum Gasteiger partial charge on any atom is -0.858 e. The van der Waals surface area contributed by atoms with Crippen molar-refractivity contribution in [2.45, 2.75) is 124 Å². The first kappa shape index (κ1) is 31.9. The Balaban J connectivity index is 0.000000843. The normalized spacial score (nSPS) is 15.2. The highest BCUT2D eigenvalue weighted by atomic mass is 32.2. The summed E-state index contributed by atoms with van der Waals surface area (Å²) in [7, 11) is 0.892. The van der Waals surface area contributed by atoms with Crippen LogP contribution >= 0.6 is 0 Å². The van der Waals surface area contributed by atoms with Gasteiger partial charge in [-0.05, 0) is 38.7 Å². The van der Waals surface area contributed by atoms with E-state index in [-0.39, 0.29) is 5.76 Å². The number of hydrogen-bond donors (Lipinski definition) is 0. The predicted octanol–water partition coefficient (Wildman–Crippen LogP) is 6.27. The van der Waals surface area contributed by atoms with Gasteiger partial charge < -0.3 is 13.8 Å². The summed E-state index contributed by atoms with van der Waals surface area (Å²) in [5, 5.41) is 10.4. The summed E-state index contributed by atoms with van der Waals surface area (Å²) in [6, 6.07) is 0. The lowest BCUT2D eigenvalue weighted by Crippen LogP contribution is -2.41. The third kappa shape index (κ3) is 21.2. The molecule has 0 bridgehead atoms. The van der Waals surface area contributed by atoms with E-state index in [1.807, 2.05) is 0 Å². The van der Waals surface area contributed by atoms with Crippen molar-refractivity contribution in [2.24, 2.45) is 4.40 Å². The summed E-state index contributed by atoms with van der Waals surface area (Å²) in [5.74, 6) is -0.760. The van der Waals surface area contributed by atoms with E-state index in [1.54, 1.807) is 0 Å². The van der Waals surface area contributed by atoms with Gasteiger partial charge >= 0.3 is 10.3 Å². The second-order valence-corrected chi connectivity index (χ2v) is 11.2. The van der Waals surface area contributed by atoms with Crippen molar-refractivity contribution in [2.75, 3.05) is 27.2 Å². The van der Waals surface area contributed by atoms with Gasteiger partial charge in [-0.25, -0.2) is 0 Å². The molecule has 196 valence electrons. The molecule has 0 fully saturated rings. The van der Waals surface area contributed by atoms with Gasteiger partial charge in [0.15, 0.2) is 0 Å². The van der Waals surface area contributed by atoms with E-state index in [1.165, 1.54) is 127 Å². The van der Waals surface area contributed by atoms with Crippen molar-refractivity contribution in [1.82, 2.24) is 0 Å². The number of unbranched alkanes of at least 4 members (excludes halogenated alkanes) is 14. The Morgan fingerprint density at radius 2 is 1.12 bits per heavy atom. The van der Waals surface area contributed by atoms with E-state index in [4.69, 9.17) is 0 Å². The summed E-state index contributed by atoms with van der Waals surface area (Å²) in [6.07, 6.45) is 24.0. The molecule has 0 atom stereocenters. The topological polar surface area (TPSA) is 78.8 Å². The molecule has 1 aliphatic rings. The average Bonchev–Trinajstić information content (AvgIpc) is 2.70. The Bertz CT molecular complexity index is 621. The first-order valence-corrected chi connectivity index (χ1v) is 14.7. The zero-order chi connectivity index (χ0) is 25.0. The largest absolute Gasteiger partial charge is 0.858 e. The van der Waals surface area contributed by atoms with Crippen molar-refractivity contribution >= 4 is 16.2 Å². The van der Waals surface area contributed by atoms with E-state index < -0.39 is 16.2 Å². The van der Waals surface area contributed by atoms with E-state index in [0.717, 1.165) is 6.08 Å². The van der Waals surface area contributed by atoms with Crippen molar-refractivity contribution in [3.05, 3.63) is 11.8 Å². The number of nitrogens with zero attached hydrogens (tertiary/aromatic N) is 2. The van der Waals surface area contributed by atoms with Crippen molar-refractivity contribution in [1.29, 1.82) is 0 Å². The van der Waals surface area contributed by atoms with Crippen LogP contribution in [0.4, 0.5) is 0 Å². The number of hydrogen-bond acceptors (Lipinski definition) is 4. The molecule has 0 radical (unpaired) electrons. The Morgan fingerprint density at radius 1 is 0.758 bits per heavy atom. The summed E-state index contributed by atoms with van der Waals surface area (Å²) < 4.78 is 29.0. The first-order chi connectivity index (χ1) is 15.6. The second kappa shape index (κ2) is 19.2. The Kier molecular flexibility index (Phi) is 18.6. The Morgan fingerprint density at radius 3 is 1.45 bits per heavy atom. The first-order valence-electron chi connectivity index (χ1n) is 13.3. The molecule has 0 aliphatic carbocycles. The molecule has 1 heterocycles. The fraction of sp³-hybridized carbons (Fsp3) is 0.885. The van der Waals surface area contributed by atoms with Crippen LogP contribution in [0.1, 0.15) is 124 Å². The maximum absolute atomic E-state index is 10.4. The molecule has 0 saturated carbocycles. The van der Waals surface area contributed by atoms with Gasteiger partial charge in [0.05, 0.1) is 27.2 Å². The molecular formula is C26H52N2O4S. The fourth-order valence-electron chi connectivity index (χ4n) is 3.98. The molecule has 6 nitrogen and oxygen atoms in total. The monoisotopic (exact) mass is 488 g/mol. The van der Waals surface area contributed by atoms with Gasteiger partial charge in [0, 0.05) is 5.90 Å². The van der Waals surface area contributed by atoms with E-state index in [9.17, 15) is 13.5 Å². The number of allylic oxidation sites excluding steroid dienone is 1. The SMILES string of the molecule is CC1=CC([O-])=NS(=O)(=O)O1.CCCCCCCCCC[N+](C)(C)CCCCCCCCCC. The van der Waals surface area contributed by atoms with Crippen LogP contribution in [0.5, 0.6) is 0 Å². The molecule has 7 heteroatoms. The van der Waals surface area contributed by atoms with Gasteiger partial charge in [0.1, 0.15) is 5.76 Å². The van der Waals surface area contributed by atoms with Gasteiger partial charge in [-0.2, -0.15) is 8.42 Å². The summed E-state index contributed by atoms with van der Waals surface area (Å²) in [5.41, 5.74) is 0. The van der Waals surface area contributed by atoms with Crippen LogP contribution in [0.2, 0.25) is 0 Å². The molecule has 0 aromatic rings. The molecular weight excluding hydrogens is 436 g/mol. The number of quaternary nitrogens is 1. The second-order valence-electron chi connectivity index (χ2n) is 10.0. The van der Waals surface area contributed by atoms with Gasteiger partial charge in [-0.1, -0.05) is 90.9 Å². The molecule has 0 amide bonds. The maximum Gasteiger partial charge on any atom is 0.427 e. The minimum atomic E-state index is -3.97. The van der Waals surface area contributed by atoms with Gasteiger partial charge in [0.2, 0.25) is 0 Å². The van der Waals surface area contributed by atoms with Crippen LogP contribution in [-0.2, 0) is 14.5 Å². The quantitative estimate of drug-likeness (QED) is 0.168. The highest BCUT2D eigenvalue weighted by Crippen LogP contribution is 2.13. The highest BCUT2D eigenvalue weighted by molar-refractivity contribution is 7.85. The van der Waals surface area contributed by atoms with Gasteiger partial charge in [-0.3, -0.25) is 0 Å². The fourth-order valence-corrected chi connectivity index (χ4v) is 4.67. The van der Waals surface area contributed by atoms with Crippen LogP contribution in [0.25, 0.3) is 0 Å². The molecule has 0 spiro atoms. The third-order valence-corrected chi connectivity index (χ3v) is 6.88. The van der Waals surface area contributed by atoms with Crippen molar-refractivity contribution in [3.63, 3.8) is 0 Å². The van der Waals surface area contributed by atoms with E-state index >= 15 is 0 Å². The van der Waals surface area contributed by atoms with Crippen LogP contribution in [-0.4, -0.2) is 46.0 Å². The van der Waals surface area contributed by atoms with E-state index in [0.29, 0.717) is 0 Å². The highest BCUT2D eigenvalue weighted by Gasteiger charge is 2.14. The van der Waals surface area contributed by atoms with Gasteiger partial charge in [-0.15, -0.1) is 4.40 Å². The maximum atomic E-state index is 10.4. The molecule has 0 N–H and O–H groups in total. The molecule has 1 aliphatic heterocycles. The molecule has 0 unspecified atom stereocenters. The molecule has 33 heavy (non-hydrogen) atoms. The third-order valence-electron chi connectivity index (χ3n) is 6.00. The zero-order valence-electron chi connectivity index (χ0n) is 22.2. The minimum absolute atomic E-state index is 0.0417. The lowest BCUT2D eigenvalue weighted by atomic mass is 10.1.